The van der Waals surface area contributed by atoms with Gasteiger partial charge in [-0.1, -0.05) is 49.9 Å². The number of phenolic OH excluding ortho intramolecular Hbond substituents is 2. The van der Waals surface area contributed by atoms with E-state index in [9.17, 15) is 10.2 Å². The Morgan fingerprint density at radius 1 is 0.500 bits per heavy atom. The molecule has 0 bridgehead atoms. The van der Waals surface area contributed by atoms with E-state index in [1.807, 2.05) is 0 Å². The van der Waals surface area contributed by atoms with Crippen molar-refractivity contribution in [1.82, 2.24) is 0 Å². The van der Waals surface area contributed by atoms with Gasteiger partial charge in [-0.15, -0.1) is 0 Å². The van der Waals surface area contributed by atoms with E-state index in [0.717, 1.165) is 59.4 Å². The number of nitrogen functional groups attached to an aromatic ring is 2. The highest BCUT2D eigenvalue weighted by atomic mass is 16.5. The van der Waals surface area contributed by atoms with Gasteiger partial charge in [0.15, 0.2) is 0 Å². The molecular formula is C42H44N2O4. The third kappa shape index (κ3) is 6.40. The minimum atomic E-state index is 0.0269. The Kier molecular flexibility index (Phi) is 8.65. The highest BCUT2D eigenvalue weighted by molar-refractivity contribution is 5.74. The number of rotatable bonds is 8. The van der Waals surface area contributed by atoms with Crippen LogP contribution in [0.15, 0.2) is 84.9 Å². The van der Waals surface area contributed by atoms with E-state index in [0.29, 0.717) is 34.7 Å². The number of ether oxygens (including phenoxy) is 2. The van der Waals surface area contributed by atoms with Gasteiger partial charge in [0.25, 0.3) is 0 Å². The molecule has 2 aliphatic carbocycles. The smallest absolute Gasteiger partial charge is 0.142 e. The summed E-state index contributed by atoms with van der Waals surface area (Å²) in [6.45, 7) is 4.21. The minimum absolute atomic E-state index is 0.0269. The summed E-state index contributed by atoms with van der Waals surface area (Å²) in [5.41, 5.74) is 21.6. The molecule has 0 aromatic heterocycles. The monoisotopic (exact) mass is 640 g/mol. The molecule has 2 fully saturated rings. The van der Waals surface area contributed by atoms with Gasteiger partial charge in [0.1, 0.15) is 34.5 Å². The predicted octanol–water partition coefficient (Wildman–Crippen LogP) is 11.1. The molecule has 0 aliphatic heterocycles. The Morgan fingerprint density at radius 2 is 0.875 bits per heavy atom. The van der Waals surface area contributed by atoms with Crippen molar-refractivity contribution in [2.24, 2.45) is 0 Å². The molecule has 2 saturated carbocycles. The van der Waals surface area contributed by atoms with Crippen molar-refractivity contribution in [3.63, 3.8) is 0 Å². The summed E-state index contributed by atoms with van der Waals surface area (Å²) in [5, 5.41) is 20.4. The molecule has 6 nitrogen and oxygen atoms in total. The molecule has 0 spiro atoms. The van der Waals surface area contributed by atoms with Gasteiger partial charge in [0, 0.05) is 12.1 Å². The molecule has 7 rings (SSSR count). The zero-order valence-corrected chi connectivity index (χ0v) is 27.8. The lowest BCUT2D eigenvalue weighted by atomic mass is 9.89. The van der Waals surface area contributed by atoms with Crippen molar-refractivity contribution in [2.75, 3.05) is 11.5 Å². The van der Waals surface area contributed by atoms with Crippen molar-refractivity contribution in [1.29, 1.82) is 0 Å². The first-order valence-electron chi connectivity index (χ1n) is 17.2. The number of phenols is 2. The molecule has 0 heterocycles. The first-order valence-corrected chi connectivity index (χ1v) is 17.2. The average molecular weight is 641 g/mol. The fourth-order valence-corrected chi connectivity index (χ4v) is 7.56. The van der Waals surface area contributed by atoms with Crippen LogP contribution in [0.1, 0.15) is 85.5 Å². The Hall–Kier alpha value is -5.10. The Morgan fingerprint density at radius 3 is 1.23 bits per heavy atom. The number of hydrogen-bond donors (Lipinski definition) is 4. The number of hydrogen-bond acceptors (Lipinski definition) is 6. The summed E-state index contributed by atoms with van der Waals surface area (Å²) in [6.07, 6.45) is 9.47. The van der Waals surface area contributed by atoms with Gasteiger partial charge in [0.2, 0.25) is 0 Å². The fraction of sp³-hybridized carbons (Fsp3) is 0.286. The Balaban J connectivity index is 1.21. The first kappa shape index (κ1) is 31.5. The molecular weight excluding hydrogens is 596 g/mol. The van der Waals surface area contributed by atoms with E-state index in [2.05, 4.69) is 62.4 Å². The van der Waals surface area contributed by atoms with E-state index in [-0.39, 0.29) is 11.5 Å². The second-order valence-corrected chi connectivity index (χ2v) is 13.6. The lowest BCUT2D eigenvalue weighted by Gasteiger charge is -2.21. The second kappa shape index (κ2) is 13.2. The summed E-state index contributed by atoms with van der Waals surface area (Å²) >= 11 is 0. The van der Waals surface area contributed by atoms with Crippen LogP contribution in [-0.2, 0) is 0 Å². The van der Waals surface area contributed by atoms with E-state index in [1.54, 1.807) is 36.4 Å². The standard InChI is InChI=1S/C42H44N2O4/c1-25-19-31(21-35(29-7-3-4-8-29)41(25)47-33-15-17-37(43)39(45)23-33)27-11-13-28(14-12-27)32-20-26(2)42(36(22-32)30-9-5-6-10-30)48-34-16-18-38(44)40(46)24-34/h11-24,29-30,45-46H,3-10,43-44H2,1-2H3. The Bertz CT molecular complexity index is 1810. The molecule has 2 aliphatic rings. The van der Waals surface area contributed by atoms with Crippen LogP contribution >= 0.6 is 0 Å². The van der Waals surface area contributed by atoms with Crippen LogP contribution in [0.3, 0.4) is 0 Å². The summed E-state index contributed by atoms with van der Waals surface area (Å²) in [6, 6.07) is 28.0. The van der Waals surface area contributed by atoms with Gasteiger partial charge >= 0.3 is 0 Å². The molecule has 5 aromatic carbocycles. The van der Waals surface area contributed by atoms with E-state index >= 15 is 0 Å². The molecule has 0 unspecified atom stereocenters. The molecule has 0 saturated heterocycles. The number of aryl methyl sites for hydroxylation is 2. The third-order valence-electron chi connectivity index (χ3n) is 10.2. The van der Waals surface area contributed by atoms with Crippen molar-refractivity contribution in [3.05, 3.63) is 107 Å². The molecule has 48 heavy (non-hydrogen) atoms. The number of benzene rings is 5. The van der Waals surface area contributed by atoms with Crippen LogP contribution in [0, 0.1) is 13.8 Å². The largest absolute Gasteiger partial charge is 0.506 e. The normalized spacial score (nSPS) is 15.2. The molecule has 246 valence electrons. The van der Waals surface area contributed by atoms with Crippen molar-refractivity contribution >= 4 is 11.4 Å². The highest BCUT2D eigenvalue weighted by Gasteiger charge is 2.25. The zero-order chi connectivity index (χ0) is 33.4. The summed E-state index contributed by atoms with van der Waals surface area (Å²) in [7, 11) is 0. The first-order chi connectivity index (χ1) is 23.2. The minimum Gasteiger partial charge on any atom is -0.506 e. The third-order valence-corrected chi connectivity index (χ3v) is 10.2. The van der Waals surface area contributed by atoms with Crippen LogP contribution < -0.4 is 20.9 Å². The fourth-order valence-electron chi connectivity index (χ4n) is 7.56. The van der Waals surface area contributed by atoms with Crippen molar-refractivity contribution < 1.29 is 19.7 Å². The van der Waals surface area contributed by atoms with Crippen molar-refractivity contribution in [3.8, 4) is 56.8 Å². The summed E-state index contributed by atoms with van der Waals surface area (Å²) in [4.78, 5) is 0. The topological polar surface area (TPSA) is 111 Å². The molecule has 5 aromatic rings. The molecule has 0 radical (unpaired) electrons. The predicted molar refractivity (Wildman–Crippen MR) is 194 cm³/mol. The summed E-state index contributed by atoms with van der Waals surface area (Å²) < 4.78 is 12.9. The Labute approximate surface area is 283 Å². The number of anilines is 2. The van der Waals surface area contributed by atoms with Gasteiger partial charge in [-0.3, -0.25) is 0 Å². The number of aromatic hydroxyl groups is 2. The maximum absolute atomic E-state index is 10.2. The van der Waals surface area contributed by atoms with Crippen LogP contribution in [-0.4, -0.2) is 10.2 Å². The van der Waals surface area contributed by atoms with Crippen LogP contribution in [0.2, 0.25) is 0 Å². The van der Waals surface area contributed by atoms with Gasteiger partial charge in [-0.25, -0.2) is 0 Å². The quantitative estimate of drug-likeness (QED) is 0.0992. The average Bonchev–Trinajstić information content (AvgIpc) is 3.82. The molecule has 6 N–H and O–H groups in total. The molecule has 0 atom stereocenters. The van der Waals surface area contributed by atoms with Crippen molar-refractivity contribution in [2.45, 2.75) is 77.0 Å². The zero-order valence-electron chi connectivity index (χ0n) is 27.8. The van der Waals surface area contributed by atoms with Gasteiger partial charge in [-0.2, -0.15) is 0 Å². The summed E-state index contributed by atoms with van der Waals surface area (Å²) in [5.74, 6) is 3.84. The lowest BCUT2D eigenvalue weighted by molar-refractivity contribution is 0.448. The molecule has 6 heteroatoms. The van der Waals surface area contributed by atoms with Gasteiger partial charge in [0.05, 0.1) is 11.4 Å². The van der Waals surface area contributed by atoms with Gasteiger partial charge < -0.3 is 31.2 Å². The van der Waals surface area contributed by atoms with E-state index in [4.69, 9.17) is 20.9 Å². The highest BCUT2D eigenvalue weighted by Crippen LogP contribution is 2.46. The maximum atomic E-state index is 10.2. The van der Waals surface area contributed by atoms with E-state index < -0.39 is 0 Å². The van der Waals surface area contributed by atoms with Crippen LogP contribution in [0.5, 0.6) is 34.5 Å². The van der Waals surface area contributed by atoms with E-state index in [1.165, 1.54) is 47.9 Å². The number of nitrogens with two attached hydrogens (primary N) is 2. The SMILES string of the molecule is Cc1cc(-c2ccc(-c3cc(C)c(Oc4ccc(N)c(O)c4)c(C4CCCC4)c3)cc2)cc(C2CCCC2)c1Oc1ccc(N)c(O)c1. The maximum Gasteiger partial charge on any atom is 0.142 e. The van der Waals surface area contributed by atoms with Crippen LogP contribution in [0.4, 0.5) is 11.4 Å². The lowest BCUT2D eigenvalue weighted by Crippen LogP contribution is -2.01. The second-order valence-electron chi connectivity index (χ2n) is 13.6. The van der Waals surface area contributed by atoms with Crippen LogP contribution in [0.25, 0.3) is 22.3 Å². The molecule has 0 amide bonds. The van der Waals surface area contributed by atoms with Gasteiger partial charge in [-0.05, 0) is 144 Å².